The molecule has 0 bridgehead atoms. The van der Waals surface area contributed by atoms with Crippen molar-refractivity contribution in [1.29, 1.82) is 0 Å². The highest BCUT2D eigenvalue weighted by Gasteiger charge is 2.32. The molecule has 0 saturated heterocycles. The Kier molecular flexibility index (Phi) is 11.8. The molecule has 1 aromatic heterocycles. The van der Waals surface area contributed by atoms with E-state index >= 15 is 0 Å². The molecule has 1 rings (SSSR count). The zero-order chi connectivity index (χ0) is 28.4. The number of carbonyl (C=O) groups excluding carboxylic acids is 1. The van der Waals surface area contributed by atoms with E-state index in [1.165, 1.54) is 35.5 Å². The fourth-order valence-electron chi connectivity index (χ4n) is 3.26. The third-order valence-electron chi connectivity index (χ3n) is 5.53. The summed E-state index contributed by atoms with van der Waals surface area (Å²) in [4.78, 5) is 29.2. The summed E-state index contributed by atoms with van der Waals surface area (Å²) in [5.41, 5.74) is 5.03. The summed E-state index contributed by atoms with van der Waals surface area (Å²) in [6.45, 7) is 7.48. The average molecular weight is 525 g/mol. The first-order chi connectivity index (χ1) is 17.1. The van der Waals surface area contributed by atoms with Gasteiger partial charge in [-0.1, -0.05) is 18.6 Å². The van der Waals surface area contributed by atoms with Crippen LogP contribution in [0.4, 0.5) is 13.2 Å². The molecule has 0 fully saturated rings. The van der Waals surface area contributed by atoms with Crippen molar-refractivity contribution in [2.24, 2.45) is 17.8 Å². The van der Waals surface area contributed by atoms with Crippen LogP contribution in [0.25, 0.3) is 0 Å². The van der Waals surface area contributed by atoms with Crippen LogP contribution in [0.15, 0.2) is 63.3 Å². The summed E-state index contributed by atoms with van der Waals surface area (Å²) < 4.78 is 40.6. The van der Waals surface area contributed by atoms with Gasteiger partial charge < -0.3 is 26.3 Å². The number of rotatable bonds is 12. The van der Waals surface area contributed by atoms with Crippen molar-refractivity contribution in [3.8, 4) is 0 Å². The molecular weight excluding hydrogens is 485 g/mol. The minimum absolute atomic E-state index is 0.0386. The molecule has 0 aromatic carbocycles. The van der Waals surface area contributed by atoms with E-state index in [-0.39, 0.29) is 29.3 Å². The molecule has 0 saturated carbocycles. The standard InChI is InChI=1S/C26H39F3N6O2/c1-8-17(2)11-18(14-31-5)12-21(32-6)24(37)34-25(3,4)16-33-20(13-22(30)26(27,28)29)19-9-10-23(36)35(7)15-19/h9-11,13-15,21,31-32H,8,12,16,30H2,1-7H3,(H,34,37)/b17-11+,18-14+,22-13-,33-20?. The maximum absolute atomic E-state index is 13.1. The Balaban J connectivity index is 3.21. The number of alkyl halides is 3. The number of aromatic nitrogens is 1. The number of nitrogens with one attached hydrogen (secondary N) is 3. The number of amides is 1. The highest BCUT2D eigenvalue weighted by Crippen LogP contribution is 2.22. The molecule has 5 N–H and O–H groups in total. The van der Waals surface area contributed by atoms with Crippen LogP contribution in [0.3, 0.4) is 0 Å². The normalized spacial score (nSPS) is 15.0. The number of pyridine rings is 1. The third-order valence-corrected chi connectivity index (χ3v) is 5.53. The predicted octanol–water partition coefficient (Wildman–Crippen LogP) is 2.91. The number of aryl methyl sites for hydroxylation is 1. The zero-order valence-corrected chi connectivity index (χ0v) is 22.6. The van der Waals surface area contributed by atoms with Crippen molar-refractivity contribution in [3.63, 3.8) is 0 Å². The molecule has 0 spiro atoms. The van der Waals surface area contributed by atoms with Crippen molar-refractivity contribution < 1.29 is 18.0 Å². The van der Waals surface area contributed by atoms with Crippen LogP contribution < -0.4 is 27.2 Å². The van der Waals surface area contributed by atoms with Crippen LogP contribution in [-0.2, 0) is 11.8 Å². The van der Waals surface area contributed by atoms with Crippen molar-refractivity contribution in [2.75, 3.05) is 20.6 Å². The predicted molar refractivity (Wildman–Crippen MR) is 142 cm³/mol. The Bertz CT molecular complexity index is 1110. The Hall–Kier alpha value is -3.34. The lowest BCUT2D eigenvalue weighted by Crippen LogP contribution is -2.53. The fraction of sp³-hybridized carbons (Fsp3) is 0.500. The Morgan fingerprint density at radius 3 is 2.38 bits per heavy atom. The van der Waals surface area contributed by atoms with E-state index < -0.39 is 23.5 Å². The number of halogens is 3. The molecule has 1 amide bonds. The SMILES string of the molecule is CC/C(C)=C/C(=C\NC)CC(NC)C(=O)NC(C)(C)CN=C(/C=C(\N)C(F)(F)F)c1ccc(=O)n(C)c1. The quantitative estimate of drug-likeness (QED) is 0.248. The van der Waals surface area contributed by atoms with Gasteiger partial charge in [-0.25, -0.2) is 0 Å². The topological polar surface area (TPSA) is 114 Å². The second-order valence-corrected chi connectivity index (χ2v) is 9.44. The van der Waals surface area contributed by atoms with Gasteiger partial charge in [-0.3, -0.25) is 14.6 Å². The lowest BCUT2D eigenvalue weighted by Gasteiger charge is -2.28. The van der Waals surface area contributed by atoms with E-state index in [1.807, 2.05) is 19.2 Å². The number of aliphatic imine (C=N–C) groups is 1. The van der Waals surface area contributed by atoms with Gasteiger partial charge in [0, 0.05) is 31.9 Å². The van der Waals surface area contributed by atoms with Gasteiger partial charge in [0.1, 0.15) is 5.70 Å². The van der Waals surface area contributed by atoms with Gasteiger partial charge in [0.25, 0.3) is 0 Å². The number of hydrogen-bond acceptors (Lipinski definition) is 6. The van der Waals surface area contributed by atoms with E-state index in [0.717, 1.165) is 18.1 Å². The number of carbonyl (C=O) groups is 1. The first-order valence-electron chi connectivity index (χ1n) is 11.9. The molecule has 8 nitrogen and oxygen atoms in total. The summed E-state index contributed by atoms with van der Waals surface area (Å²) in [5.74, 6) is -0.277. The minimum atomic E-state index is -4.74. The third kappa shape index (κ3) is 10.7. The molecule has 1 atom stereocenters. The van der Waals surface area contributed by atoms with E-state index in [2.05, 4.69) is 27.9 Å². The lowest BCUT2D eigenvalue weighted by molar-refractivity contribution is -0.124. The highest BCUT2D eigenvalue weighted by atomic mass is 19.4. The van der Waals surface area contributed by atoms with Gasteiger partial charge in [0.05, 0.1) is 23.8 Å². The van der Waals surface area contributed by atoms with Crippen LogP contribution >= 0.6 is 0 Å². The van der Waals surface area contributed by atoms with Crippen molar-refractivity contribution >= 4 is 11.6 Å². The summed E-state index contributed by atoms with van der Waals surface area (Å²) in [6, 6.07) is 2.07. The highest BCUT2D eigenvalue weighted by molar-refractivity contribution is 6.09. The molecule has 0 aliphatic heterocycles. The number of allylic oxidation sites excluding steroid dienone is 4. The number of likely N-dealkylation sites (N-methyl/N-ethyl adjacent to an activating group) is 1. The van der Waals surface area contributed by atoms with Crippen LogP contribution in [0.5, 0.6) is 0 Å². The maximum Gasteiger partial charge on any atom is 0.430 e. The minimum Gasteiger partial charge on any atom is -0.395 e. The average Bonchev–Trinajstić information content (AvgIpc) is 2.80. The van der Waals surface area contributed by atoms with E-state index in [1.54, 1.807) is 27.9 Å². The first-order valence-corrected chi connectivity index (χ1v) is 11.9. The molecule has 11 heteroatoms. The largest absolute Gasteiger partial charge is 0.430 e. The van der Waals surface area contributed by atoms with Crippen molar-refractivity contribution in [2.45, 2.75) is 58.3 Å². The van der Waals surface area contributed by atoms with Crippen LogP contribution in [-0.4, -0.2) is 54.6 Å². The van der Waals surface area contributed by atoms with Crippen LogP contribution in [0.1, 0.15) is 46.1 Å². The number of hydrogen-bond donors (Lipinski definition) is 4. The second-order valence-electron chi connectivity index (χ2n) is 9.44. The van der Waals surface area contributed by atoms with Gasteiger partial charge in [-0.05, 0) is 64.6 Å². The summed E-state index contributed by atoms with van der Waals surface area (Å²) in [7, 11) is 4.95. The fourth-order valence-corrected chi connectivity index (χ4v) is 3.26. The molecule has 1 aromatic rings. The Morgan fingerprint density at radius 2 is 1.86 bits per heavy atom. The summed E-state index contributed by atoms with van der Waals surface area (Å²) in [6.07, 6.45) is 2.54. The number of nitrogens with two attached hydrogens (primary N) is 1. The van der Waals surface area contributed by atoms with Gasteiger partial charge in [0.15, 0.2) is 0 Å². The zero-order valence-electron chi connectivity index (χ0n) is 22.6. The van der Waals surface area contributed by atoms with Crippen molar-refractivity contribution in [3.05, 3.63) is 69.4 Å². The lowest BCUT2D eigenvalue weighted by atomic mass is 10.0. The molecular formula is C26H39F3N6O2. The Morgan fingerprint density at radius 1 is 1.22 bits per heavy atom. The molecule has 0 radical (unpaired) electrons. The second kappa shape index (κ2) is 13.8. The monoisotopic (exact) mass is 524 g/mol. The molecule has 37 heavy (non-hydrogen) atoms. The van der Waals surface area contributed by atoms with Gasteiger partial charge in [-0.15, -0.1) is 0 Å². The smallest absolute Gasteiger partial charge is 0.395 e. The number of nitrogens with zero attached hydrogens (tertiary/aromatic N) is 2. The summed E-state index contributed by atoms with van der Waals surface area (Å²) >= 11 is 0. The molecule has 1 unspecified atom stereocenters. The summed E-state index contributed by atoms with van der Waals surface area (Å²) in [5, 5.41) is 8.94. The molecule has 0 aliphatic carbocycles. The first kappa shape index (κ1) is 31.7. The van der Waals surface area contributed by atoms with Crippen LogP contribution in [0.2, 0.25) is 0 Å². The maximum atomic E-state index is 13.1. The van der Waals surface area contributed by atoms with E-state index in [4.69, 9.17) is 5.73 Å². The van der Waals surface area contributed by atoms with Gasteiger partial charge >= 0.3 is 6.18 Å². The van der Waals surface area contributed by atoms with Crippen LogP contribution in [0, 0.1) is 0 Å². The van der Waals surface area contributed by atoms with E-state index in [0.29, 0.717) is 6.42 Å². The molecule has 0 aliphatic rings. The molecule has 206 valence electrons. The van der Waals surface area contributed by atoms with E-state index in [9.17, 15) is 22.8 Å². The molecule has 1 heterocycles. The van der Waals surface area contributed by atoms with Gasteiger partial charge in [-0.2, -0.15) is 13.2 Å². The van der Waals surface area contributed by atoms with Crippen molar-refractivity contribution in [1.82, 2.24) is 20.5 Å². The Labute approximate surface area is 216 Å². The van der Waals surface area contributed by atoms with Gasteiger partial charge in [0.2, 0.25) is 11.5 Å².